The molecule has 0 fully saturated rings. The Labute approximate surface area is 469 Å². The molecule has 0 aliphatic rings. The van der Waals surface area contributed by atoms with Crippen LogP contribution in [0.15, 0.2) is 206 Å². The van der Waals surface area contributed by atoms with Gasteiger partial charge in [0.25, 0.3) is 0 Å². The molecular weight excluding hydrogens is 1060 g/mol. The zero-order chi connectivity index (χ0) is 57.0. The van der Waals surface area contributed by atoms with Crippen LogP contribution in [-0.2, 0) is 52.9 Å². The van der Waals surface area contributed by atoms with E-state index >= 15 is 26.3 Å². The van der Waals surface area contributed by atoms with E-state index in [-0.39, 0.29) is 119 Å². The molecule has 8 nitrogen and oxygen atoms in total. The molecule has 0 spiro atoms. The summed E-state index contributed by atoms with van der Waals surface area (Å²) in [7, 11) is 0. The summed E-state index contributed by atoms with van der Waals surface area (Å²) in [5.74, 6) is -11.2. The van der Waals surface area contributed by atoms with Gasteiger partial charge in [-0.3, -0.25) is 0 Å². The quantitative estimate of drug-likeness (QED) is 0.0483. The second-order valence-corrected chi connectivity index (χ2v) is 18.9. The van der Waals surface area contributed by atoms with Gasteiger partial charge in [-0.1, -0.05) is 182 Å². The molecule has 0 radical (unpaired) electrons. The van der Waals surface area contributed by atoms with Crippen LogP contribution in [0, 0.1) is 34.9 Å². The summed E-state index contributed by atoms with van der Waals surface area (Å²) in [4.78, 5) is 0. The van der Waals surface area contributed by atoms with E-state index in [0.29, 0.717) is 33.4 Å². The largest absolute Gasteiger partial charge is 0.484 e. The molecule has 2 N–H and O–H groups in total. The summed E-state index contributed by atoms with van der Waals surface area (Å²) in [5, 5.41) is 24.5. The van der Waals surface area contributed by atoms with Crippen molar-refractivity contribution in [3.05, 3.63) is 286 Å². The first-order valence-corrected chi connectivity index (χ1v) is 26.1. The average Bonchev–Trinajstić information content (AvgIpc) is 3.42. The van der Waals surface area contributed by atoms with Crippen LogP contribution in [-0.4, -0.2) is 10.2 Å². The summed E-state index contributed by atoms with van der Waals surface area (Å²) in [6.07, 6.45) is 0. The Morgan fingerprint density at radius 1 is 0.256 bits per heavy atom. The van der Waals surface area contributed by atoms with Gasteiger partial charge in [0.1, 0.15) is 39.6 Å². The lowest BCUT2D eigenvalue weighted by Crippen LogP contribution is -2.13. The zero-order valence-electron chi connectivity index (χ0n) is 43.9. The number of hydrogen-bond acceptors (Lipinski definition) is 8. The molecule has 82 heavy (non-hydrogen) atoms. The minimum atomic E-state index is -1.78. The van der Waals surface area contributed by atoms with E-state index in [0.717, 1.165) is 24.3 Å². The fourth-order valence-electron chi connectivity index (χ4n) is 9.51. The highest BCUT2D eigenvalue weighted by Gasteiger charge is 2.38. The third kappa shape index (κ3) is 12.6. The maximum absolute atomic E-state index is 16.0. The van der Waals surface area contributed by atoms with Crippen molar-refractivity contribution in [1.82, 2.24) is 0 Å². The summed E-state index contributed by atoms with van der Waals surface area (Å²) < 4.78 is 136. The topological polar surface area (TPSA) is 95.8 Å². The smallest absolute Gasteiger partial charge is 0.205 e. The van der Waals surface area contributed by atoms with E-state index in [1.807, 2.05) is 24.3 Å². The number of rotatable bonds is 23. The Morgan fingerprint density at radius 3 is 0.659 bits per heavy atom. The van der Waals surface area contributed by atoms with E-state index in [9.17, 15) is 10.2 Å². The van der Waals surface area contributed by atoms with Gasteiger partial charge in [-0.15, -0.1) is 0 Å². The average molecular weight is 1110 g/mol. The number of aliphatic hydroxyl groups is 2. The fraction of sp³-hybridized carbons (Fsp3) is 0.118. The summed E-state index contributed by atoms with van der Waals surface area (Å²) in [6.45, 7) is -3.27. The van der Waals surface area contributed by atoms with Gasteiger partial charge < -0.3 is 38.6 Å². The predicted molar refractivity (Wildman–Crippen MR) is 299 cm³/mol. The van der Waals surface area contributed by atoms with Crippen LogP contribution in [0.1, 0.15) is 44.5 Å². The normalized spacial score (nSPS) is 11.1. The van der Waals surface area contributed by atoms with Crippen molar-refractivity contribution in [2.75, 3.05) is 0 Å². The first kappa shape index (κ1) is 55.8. The third-order valence-corrected chi connectivity index (χ3v) is 13.4. The van der Waals surface area contributed by atoms with E-state index in [2.05, 4.69) is 0 Å². The van der Waals surface area contributed by atoms with Crippen molar-refractivity contribution in [2.24, 2.45) is 0 Å². The number of hydrogen-bond donors (Lipinski definition) is 2. The first-order chi connectivity index (χ1) is 40.1. The molecule has 10 aromatic rings. The van der Waals surface area contributed by atoms with Gasteiger partial charge in [-0.25, -0.2) is 26.3 Å². The SMILES string of the molecule is OCc1c(-c2cc(F)c(F)c(F)c2)c(OCc2ccccc2)c(OCc2ccccc2)c(OCc2ccccc2)c1-c1c(CO)c(-c2cc(F)c(F)c(F)c2)c(OCc2ccccc2)c(OCc2ccccc2)c1OCc1ccccc1. The maximum atomic E-state index is 16.0. The molecule has 0 unspecified atom stereocenters. The second-order valence-electron chi connectivity index (χ2n) is 18.9. The molecule has 0 amide bonds. The number of aliphatic hydroxyl groups excluding tert-OH is 2. The highest BCUT2D eigenvalue weighted by Crippen LogP contribution is 2.61. The lowest BCUT2D eigenvalue weighted by Gasteiger charge is -2.30. The van der Waals surface area contributed by atoms with E-state index < -0.39 is 48.1 Å². The molecule has 0 aliphatic carbocycles. The van der Waals surface area contributed by atoms with Gasteiger partial charge in [0.05, 0.1) is 13.2 Å². The van der Waals surface area contributed by atoms with Crippen LogP contribution in [0.5, 0.6) is 34.5 Å². The van der Waals surface area contributed by atoms with Crippen LogP contribution in [0.25, 0.3) is 33.4 Å². The van der Waals surface area contributed by atoms with Gasteiger partial charge in [-0.2, -0.15) is 0 Å². The van der Waals surface area contributed by atoms with Crippen molar-refractivity contribution >= 4 is 0 Å². The van der Waals surface area contributed by atoms with Crippen molar-refractivity contribution in [3.63, 3.8) is 0 Å². The minimum Gasteiger partial charge on any atom is -0.484 e. The van der Waals surface area contributed by atoms with E-state index in [1.165, 1.54) is 0 Å². The Bertz CT molecular complexity index is 3490. The molecule has 0 saturated carbocycles. The third-order valence-electron chi connectivity index (χ3n) is 13.4. The summed E-state index contributed by atoms with van der Waals surface area (Å²) in [6, 6.07) is 56.7. The lowest BCUT2D eigenvalue weighted by atomic mass is 9.84. The molecule has 0 heterocycles. The highest BCUT2D eigenvalue weighted by atomic mass is 19.2. The molecule has 414 valence electrons. The van der Waals surface area contributed by atoms with Crippen LogP contribution in [0.2, 0.25) is 0 Å². The molecule has 0 aliphatic heterocycles. The summed E-state index contributed by atoms with van der Waals surface area (Å²) >= 11 is 0. The van der Waals surface area contributed by atoms with Gasteiger partial charge in [0, 0.05) is 33.4 Å². The Morgan fingerprint density at radius 2 is 0.451 bits per heavy atom. The lowest BCUT2D eigenvalue weighted by molar-refractivity contribution is 0.225. The maximum Gasteiger partial charge on any atom is 0.205 e. The van der Waals surface area contributed by atoms with Crippen molar-refractivity contribution in [1.29, 1.82) is 0 Å². The molecule has 10 aromatic carbocycles. The standard InChI is InChI=1S/C68H52F6O8/c69-53-31-49(32-54(70)61(53)73)57-51(35-75)59(65(79-39-45-23-11-3-12-24-45)67(81-41-47-27-15-5-16-28-47)63(57)77-37-43-19-7-1-8-20-43)60-52(36-76)58(50-33-55(71)62(74)56(72)34-50)64(78-38-44-21-9-2-10-22-44)68(82-42-48-29-17-6-18-30-48)66(60)80-40-46-25-13-4-14-26-46/h1-34,75-76H,35-42H2. The molecular formula is C68H52F6O8. The van der Waals surface area contributed by atoms with Crippen LogP contribution in [0.3, 0.4) is 0 Å². The van der Waals surface area contributed by atoms with E-state index in [1.54, 1.807) is 158 Å². The van der Waals surface area contributed by atoms with Gasteiger partial charge in [-0.05, 0) is 68.8 Å². The fourth-order valence-corrected chi connectivity index (χ4v) is 9.51. The number of halogens is 6. The Hall–Kier alpha value is -9.50. The molecule has 10 rings (SSSR count). The number of ether oxygens (including phenoxy) is 6. The first-order valence-electron chi connectivity index (χ1n) is 26.1. The number of benzene rings is 10. The van der Waals surface area contributed by atoms with Gasteiger partial charge in [0.15, 0.2) is 57.9 Å². The molecule has 0 atom stereocenters. The highest BCUT2D eigenvalue weighted by molar-refractivity contribution is 5.98. The van der Waals surface area contributed by atoms with Crippen LogP contribution >= 0.6 is 0 Å². The van der Waals surface area contributed by atoms with Gasteiger partial charge in [0.2, 0.25) is 11.5 Å². The van der Waals surface area contributed by atoms with Crippen molar-refractivity contribution in [3.8, 4) is 67.9 Å². The van der Waals surface area contributed by atoms with Crippen molar-refractivity contribution < 1.29 is 65.0 Å². The van der Waals surface area contributed by atoms with Crippen LogP contribution in [0.4, 0.5) is 26.3 Å². The monoisotopic (exact) mass is 1110 g/mol. The zero-order valence-corrected chi connectivity index (χ0v) is 43.9. The van der Waals surface area contributed by atoms with Crippen molar-refractivity contribution in [2.45, 2.75) is 52.9 Å². The van der Waals surface area contributed by atoms with Crippen LogP contribution < -0.4 is 28.4 Å². The summed E-state index contributed by atoms with van der Waals surface area (Å²) in [5.41, 5.74) is 1.90. The second kappa shape index (κ2) is 26.2. The molecule has 0 aromatic heterocycles. The van der Waals surface area contributed by atoms with E-state index in [4.69, 9.17) is 28.4 Å². The molecule has 14 heteroatoms. The minimum absolute atomic E-state index is 0.177. The predicted octanol–water partition coefficient (Wildman–Crippen LogP) is 16.0. The molecule has 0 saturated heterocycles. The Kier molecular flexibility index (Phi) is 17.8. The van der Waals surface area contributed by atoms with Gasteiger partial charge >= 0.3 is 0 Å². The Balaban J connectivity index is 1.41. The molecule has 0 bridgehead atoms.